The zero-order chi connectivity index (χ0) is 22.0. The Morgan fingerprint density at radius 3 is 2.81 bits per heavy atom. The highest BCUT2D eigenvalue weighted by molar-refractivity contribution is 9.10. The van der Waals surface area contributed by atoms with E-state index in [9.17, 15) is 9.59 Å². The zero-order valence-electron chi connectivity index (χ0n) is 17.9. The van der Waals surface area contributed by atoms with Crippen LogP contribution in [-0.4, -0.2) is 42.6 Å². The maximum absolute atomic E-state index is 13.4. The Kier molecular flexibility index (Phi) is 6.51. The van der Waals surface area contributed by atoms with Crippen LogP contribution in [0.3, 0.4) is 0 Å². The molecule has 2 unspecified atom stereocenters. The van der Waals surface area contributed by atoms with Crippen LogP contribution in [0.5, 0.6) is 5.75 Å². The number of ether oxygens (including phenoxy) is 1. The minimum Gasteiger partial charge on any atom is -0.487 e. The number of urea groups is 1. The number of amides is 3. The van der Waals surface area contributed by atoms with Gasteiger partial charge in [-0.15, -0.1) is 0 Å². The number of nitrogens with zero attached hydrogens (tertiary/aromatic N) is 2. The Labute approximate surface area is 191 Å². The van der Waals surface area contributed by atoms with Crippen molar-refractivity contribution in [3.8, 4) is 5.75 Å². The van der Waals surface area contributed by atoms with Crippen LogP contribution >= 0.6 is 15.9 Å². The molecular formula is C24H28BrN3O3. The molecule has 0 aromatic heterocycles. The lowest BCUT2D eigenvalue weighted by Gasteiger charge is -2.39. The van der Waals surface area contributed by atoms with Gasteiger partial charge in [-0.2, -0.15) is 0 Å². The van der Waals surface area contributed by atoms with E-state index in [2.05, 4.69) is 21.2 Å². The second-order valence-corrected chi connectivity index (χ2v) is 9.24. The standard InChI is InChI=1S/C24H28BrN3O3/c1-16-9-10-22-21(12-16)28(14-17(2)31-22)24(30)27-11-5-7-19(15-27)23(29)26-13-18-6-3-4-8-20(18)25/h3-4,6,8-10,12,17,19H,5,7,11,13-15H2,1-2H3,(H,26,29). The fourth-order valence-corrected chi connectivity index (χ4v) is 4.66. The molecule has 2 heterocycles. The lowest BCUT2D eigenvalue weighted by atomic mass is 9.97. The van der Waals surface area contributed by atoms with Crippen LogP contribution in [0.15, 0.2) is 46.9 Å². The van der Waals surface area contributed by atoms with Gasteiger partial charge in [0, 0.05) is 24.1 Å². The summed E-state index contributed by atoms with van der Waals surface area (Å²) in [5.41, 5.74) is 2.93. The highest BCUT2D eigenvalue weighted by atomic mass is 79.9. The quantitative estimate of drug-likeness (QED) is 0.696. The number of rotatable bonds is 3. The van der Waals surface area contributed by atoms with Crippen molar-refractivity contribution in [1.29, 1.82) is 0 Å². The summed E-state index contributed by atoms with van der Waals surface area (Å²) in [6.45, 7) is 6.06. The predicted octanol–water partition coefficient (Wildman–Crippen LogP) is 4.49. The van der Waals surface area contributed by atoms with Crippen molar-refractivity contribution in [2.24, 2.45) is 5.92 Å². The fraction of sp³-hybridized carbons (Fsp3) is 0.417. The van der Waals surface area contributed by atoms with Crippen LogP contribution in [0, 0.1) is 12.8 Å². The molecule has 2 aliphatic rings. The number of halogens is 1. The zero-order valence-corrected chi connectivity index (χ0v) is 19.5. The first-order valence-electron chi connectivity index (χ1n) is 10.8. The Morgan fingerprint density at radius 2 is 2.00 bits per heavy atom. The van der Waals surface area contributed by atoms with Crippen molar-refractivity contribution < 1.29 is 14.3 Å². The van der Waals surface area contributed by atoms with Crippen LogP contribution < -0.4 is 15.0 Å². The van der Waals surface area contributed by atoms with E-state index < -0.39 is 0 Å². The van der Waals surface area contributed by atoms with Crippen LogP contribution in [0.2, 0.25) is 0 Å². The molecule has 7 heteroatoms. The Morgan fingerprint density at radius 1 is 1.19 bits per heavy atom. The largest absolute Gasteiger partial charge is 0.487 e. The van der Waals surface area contributed by atoms with Crippen molar-refractivity contribution in [1.82, 2.24) is 10.2 Å². The number of carbonyl (C=O) groups is 2. The van der Waals surface area contributed by atoms with Crippen molar-refractivity contribution in [3.05, 3.63) is 58.1 Å². The summed E-state index contributed by atoms with van der Waals surface area (Å²) in [5.74, 6) is 0.535. The first-order chi connectivity index (χ1) is 14.9. The molecule has 4 rings (SSSR count). The van der Waals surface area contributed by atoms with Gasteiger partial charge in [-0.1, -0.05) is 40.2 Å². The van der Waals surface area contributed by atoms with Crippen molar-refractivity contribution in [3.63, 3.8) is 0 Å². The number of aryl methyl sites for hydroxylation is 1. The maximum Gasteiger partial charge on any atom is 0.324 e. The summed E-state index contributed by atoms with van der Waals surface area (Å²) >= 11 is 3.52. The summed E-state index contributed by atoms with van der Waals surface area (Å²) in [7, 11) is 0. The molecule has 1 N–H and O–H groups in total. The number of fused-ring (bicyclic) bond motifs is 1. The number of piperidine rings is 1. The van der Waals surface area contributed by atoms with Gasteiger partial charge < -0.3 is 15.0 Å². The first kappa shape index (κ1) is 21.7. The third-order valence-electron chi connectivity index (χ3n) is 5.88. The molecule has 2 aromatic rings. The van der Waals surface area contributed by atoms with Crippen molar-refractivity contribution >= 4 is 33.6 Å². The summed E-state index contributed by atoms with van der Waals surface area (Å²) in [6.07, 6.45) is 1.53. The molecule has 0 aliphatic carbocycles. The number of carbonyl (C=O) groups excluding carboxylic acids is 2. The molecule has 1 saturated heterocycles. The van der Waals surface area contributed by atoms with Gasteiger partial charge in [-0.25, -0.2) is 4.79 Å². The lowest BCUT2D eigenvalue weighted by molar-refractivity contribution is -0.126. The third-order valence-corrected chi connectivity index (χ3v) is 6.65. The van der Waals surface area contributed by atoms with E-state index in [4.69, 9.17) is 4.74 Å². The van der Waals surface area contributed by atoms with E-state index >= 15 is 0 Å². The average molecular weight is 486 g/mol. The first-order valence-corrected chi connectivity index (χ1v) is 11.6. The Hall–Kier alpha value is -2.54. The smallest absolute Gasteiger partial charge is 0.324 e. The monoisotopic (exact) mass is 485 g/mol. The number of anilines is 1. The Bertz CT molecular complexity index is 980. The van der Waals surface area contributed by atoms with Crippen LogP contribution in [0.25, 0.3) is 0 Å². The summed E-state index contributed by atoms with van der Waals surface area (Å²) in [5, 5.41) is 3.04. The number of benzene rings is 2. The van der Waals surface area contributed by atoms with Gasteiger partial charge >= 0.3 is 6.03 Å². The molecule has 1 fully saturated rings. The van der Waals surface area contributed by atoms with Gasteiger partial charge in [-0.3, -0.25) is 9.69 Å². The third kappa shape index (κ3) is 4.87. The molecule has 0 radical (unpaired) electrons. The van der Waals surface area contributed by atoms with Crippen LogP contribution in [-0.2, 0) is 11.3 Å². The minimum atomic E-state index is -0.198. The maximum atomic E-state index is 13.4. The van der Waals surface area contributed by atoms with E-state index in [0.717, 1.165) is 39.9 Å². The second-order valence-electron chi connectivity index (χ2n) is 8.39. The molecular weight excluding hydrogens is 458 g/mol. The molecule has 3 amide bonds. The van der Waals surface area contributed by atoms with Gasteiger partial charge in [0.15, 0.2) is 0 Å². The number of hydrogen-bond donors (Lipinski definition) is 1. The summed E-state index contributed by atoms with van der Waals surface area (Å²) < 4.78 is 6.90. The fourth-order valence-electron chi connectivity index (χ4n) is 4.23. The van der Waals surface area contributed by atoms with Gasteiger partial charge in [0.2, 0.25) is 5.91 Å². The van der Waals surface area contributed by atoms with E-state index in [1.165, 1.54) is 0 Å². The molecule has 0 bridgehead atoms. The SMILES string of the molecule is Cc1ccc2c(c1)N(C(=O)N1CCCC(C(=O)NCc3ccccc3Br)C1)CC(C)O2. The van der Waals surface area contributed by atoms with E-state index in [1.807, 2.05) is 61.2 Å². The predicted molar refractivity (Wildman–Crippen MR) is 124 cm³/mol. The summed E-state index contributed by atoms with van der Waals surface area (Å²) in [6, 6.07) is 13.7. The highest BCUT2D eigenvalue weighted by Crippen LogP contribution is 2.35. The van der Waals surface area contributed by atoms with Gasteiger partial charge in [0.1, 0.15) is 11.9 Å². The highest BCUT2D eigenvalue weighted by Gasteiger charge is 2.34. The van der Waals surface area contributed by atoms with Gasteiger partial charge in [0.25, 0.3) is 0 Å². The van der Waals surface area contributed by atoms with Crippen LogP contribution in [0.1, 0.15) is 30.9 Å². The number of hydrogen-bond acceptors (Lipinski definition) is 3. The topological polar surface area (TPSA) is 61.9 Å². The molecule has 31 heavy (non-hydrogen) atoms. The average Bonchev–Trinajstić information content (AvgIpc) is 2.77. The second kappa shape index (κ2) is 9.30. The van der Waals surface area contributed by atoms with Crippen molar-refractivity contribution in [2.75, 3.05) is 24.5 Å². The van der Waals surface area contributed by atoms with E-state index in [0.29, 0.717) is 26.2 Å². The minimum absolute atomic E-state index is 0.000145. The van der Waals surface area contributed by atoms with Crippen LogP contribution in [0.4, 0.5) is 10.5 Å². The molecule has 2 atom stereocenters. The molecule has 2 aliphatic heterocycles. The van der Waals surface area contributed by atoms with E-state index in [1.54, 1.807) is 4.90 Å². The molecule has 0 spiro atoms. The van der Waals surface area contributed by atoms with Crippen molar-refractivity contribution in [2.45, 2.75) is 39.3 Å². The van der Waals surface area contributed by atoms with Gasteiger partial charge in [-0.05, 0) is 56.0 Å². The molecule has 164 valence electrons. The van der Waals surface area contributed by atoms with Gasteiger partial charge in [0.05, 0.1) is 18.2 Å². The normalized spacial score (nSPS) is 20.6. The lowest BCUT2D eigenvalue weighted by Crippen LogP contribution is -2.53. The molecule has 2 aromatic carbocycles. The number of nitrogens with one attached hydrogen (secondary N) is 1. The molecule has 0 saturated carbocycles. The Balaban J connectivity index is 1.43. The number of likely N-dealkylation sites (tertiary alicyclic amines) is 1. The van der Waals surface area contributed by atoms with E-state index in [-0.39, 0.29) is 24.0 Å². The summed E-state index contributed by atoms with van der Waals surface area (Å²) in [4.78, 5) is 29.9. The molecule has 6 nitrogen and oxygen atoms in total.